The quantitative estimate of drug-likeness (QED) is 0.168. The number of para-hydroxylation sites is 2. The van der Waals surface area contributed by atoms with Crippen molar-refractivity contribution in [1.82, 2.24) is 0 Å². The molecular formula is C56H35NO. The van der Waals surface area contributed by atoms with Crippen LogP contribution in [-0.2, 0) is 5.41 Å². The second-order valence-electron chi connectivity index (χ2n) is 16.0. The van der Waals surface area contributed by atoms with Crippen molar-refractivity contribution < 1.29 is 4.42 Å². The van der Waals surface area contributed by atoms with Gasteiger partial charge in [-0.1, -0.05) is 151 Å². The molecular weight excluding hydrogens is 703 g/mol. The number of furan rings is 1. The summed E-state index contributed by atoms with van der Waals surface area (Å²) in [5, 5.41) is 9.95. The molecule has 0 N–H and O–H groups in total. The van der Waals surface area contributed by atoms with Gasteiger partial charge in [0.05, 0.1) is 11.1 Å². The van der Waals surface area contributed by atoms with E-state index in [9.17, 15) is 0 Å². The summed E-state index contributed by atoms with van der Waals surface area (Å²) in [4.78, 5) is 2.38. The third-order valence-electron chi connectivity index (χ3n) is 13.1. The molecule has 0 saturated carbocycles. The van der Waals surface area contributed by atoms with E-state index < -0.39 is 5.41 Å². The number of rotatable bonds is 3. The van der Waals surface area contributed by atoms with Crippen LogP contribution >= 0.6 is 0 Å². The van der Waals surface area contributed by atoms with Crippen LogP contribution in [0.25, 0.3) is 76.5 Å². The Morgan fingerprint density at radius 3 is 1.57 bits per heavy atom. The summed E-state index contributed by atoms with van der Waals surface area (Å²) < 4.78 is 6.72. The van der Waals surface area contributed by atoms with Gasteiger partial charge >= 0.3 is 0 Å². The first-order valence-electron chi connectivity index (χ1n) is 20.2. The first-order chi connectivity index (χ1) is 28.7. The summed E-state index contributed by atoms with van der Waals surface area (Å²) in [6.45, 7) is 2.15. The molecule has 0 saturated heterocycles. The third-order valence-corrected chi connectivity index (χ3v) is 13.1. The van der Waals surface area contributed by atoms with Crippen LogP contribution in [0.1, 0.15) is 27.8 Å². The van der Waals surface area contributed by atoms with E-state index in [4.69, 9.17) is 4.42 Å². The second kappa shape index (κ2) is 11.6. The molecule has 58 heavy (non-hydrogen) atoms. The van der Waals surface area contributed by atoms with Crippen molar-refractivity contribution in [2.75, 3.05) is 4.90 Å². The largest absolute Gasteiger partial charge is 0.454 e. The van der Waals surface area contributed by atoms with Gasteiger partial charge in [-0.2, -0.15) is 0 Å². The van der Waals surface area contributed by atoms with Crippen molar-refractivity contribution in [3.05, 3.63) is 222 Å². The average molecular weight is 738 g/mol. The number of hydrogen-bond donors (Lipinski definition) is 0. The lowest BCUT2D eigenvalue weighted by Gasteiger charge is -2.31. The van der Waals surface area contributed by atoms with Gasteiger partial charge in [0.25, 0.3) is 0 Å². The molecule has 2 aliphatic rings. The van der Waals surface area contributed by atoms with E-state index in [1.54, 1.807) is 0 Å². The molecule has 2 nitrogen and oxygen atoms in total. The van der Waals surface area contributed by atoms with Gasteiger partial charge in [0, 0.05) is 22.1 Å². The third kappa shape index (κ3) is 4.06. The Morgan fingerprint density at radius 2 is 0.879 bits per heavy atom. The predicted octanol–water partition coefficient (Wildman–Crippen LogP) is 15.2. The number of aryl methyl sites for hydroxylation is 1. The molecule has 0 bridgehead atoms. The number of anilines is 3. The van der Waals surface area contributed by atoms with Crippen LogP contribution < -0.4 is 4.90 Å². The van der Waals surface area contributed by atoms with Crippen molar-refractivity contribution in [2.45, 2.75) is 12.3 Å². The number of benzene rings is 10. The summed E-state index contributed by atoms with van der Waals surface area (Å²) in [6.07, 6.45) is 0. The second-order valence-corrected chi connectivity index (χ2v) is 16.0. The van der Waals surface area contributed by atoms with Crippen molar-refractivity contribution in [3.63, 3.8) is 0 Å². The van der Waals surface area contributed by atoms with Crippen LogP contribution in [0.2, 0.25) is 0 Å². The molecule has 0 radical (unpaired) electrons. The van der Waals surface area contributed by atoms with Gasteiger partial charge in [-0.25, -0.2) is 0 Å². The minimum absolute atomic E-state index is 0.481. The van der Waals surface area contributed by atoms with Gasteiger partial charge in [0.2, 0.25) is 0 Å². The maximum Gasteiger partial charge on any atom is 0.159 e. The molecule has 1 spiro atoms. The van der Waals surface area contributed by atoms with Crippen molar-refractivity contribution in [2.24, 2.45) is 0 Å². The van der Waals surface area contributed by atoms with Crippen LogP contribution in [0.3, 0.4) is 0 Å². The SMILES string of the molecule is Cc1ccc(N(c2ccc3c(c2)-c2cc4c5ccccc5c5ccccc5c4cc2C32c3ccccc3-c3ccccc32)c2cccc3c2oc2ccccc23)cc1. The topological polar surface area (TPSA) is 16.4 Å². The molecule has 13 rings (SSSR count). The summed E-state index contributed by atoms with van der Waals surface area (Å²) in [5.74, 6) is 0. The van der Waals surface area contributed by atoms with Gasteiger partial charge in [0.1, 0.15) is 5.58 Å². The van der Waals surface area contributed by atoms with Crippen molar-refractivity contribution in [1.29, 1.82) is 0 Å². The summed E-state index contributed by atoms with van der Waals surface area (Å²) in [7, 11) is 0. The Bertz CT molecular complexity index is 3490. The Balaban J connectivity index is 1.16. The lowest BCUT2D eigenvalue weighted by molar-refractivity contribution is 0.669. The van der Waals surface area contributed by atoms with Crippen molar-refractivity contribution in [3.8, 4) is 22.3 Å². The standard InChI is InChI=1S/C56H35NO/c1-34-25-27-35(28-26-34)57(53-23-12-20-44-43-19-8-11-24-54(43)58-55(44)53)36-29-30-51-47(31-36)48-32-45-39-15-4-2-13-37(39)38-14-3-5-16-40(38)46(45)33-52(48)56(51)49-21-9-6-17-41(49)42-18-7-10-22-50(42)56/h2-33H,1H3. The van der Waals surface area contributed by atoms with E-state index >= 15 is 0 Å². The van der Waals surface area contributed by atoms with Gasteiger partial charge in [-0.05, 0) is 132 Å². The minimum Gasteiger partial charge on any atom is -0.454 e. The highest BCUT2D eigenvalue weighted by molar-refractivity contribution is 6.26. The van der Waals surface area contributed by atoms with Gasteiger partial charge < -0.3 is 9.32 Å². The lowest BCUT2D eigenvalue weighted by Crippen LogP contribution is -2.26. The van der Waals surface area contributed by atoms with E-state index in [1.165, 1.54) is 82.4 Å². The molecule has 0 aliphatic heterocycles. The Labute approximate surface area is 335 Å². The Hall–Kier alpha value is -7.42. The average Bonchev–Trinajstić information content (AvgIpc) is 3.91. The minimum atomic E-state index is -0.481. The summed E-state index contributed by atoms with van der Waals surface area (Å²) in [5.41, 5.74) is 16.2. The maximum atomic E-state index is 6.72. The van der Waals surface area contributed by atoms with E-state index in [-0.39, 0.29) is 0 Å². The molecule has 1 aromatic heterocycles. The van der Waals surface area contributed by atoms with E-state index in [0.717, 1.165) is 39.0 Å². The highest BCUT2D eigenvalue weighted by Crippen LogP contribution is 2.64. The highest BCUT2D eigenvalue weighted by Gasteiger charge is 2.52. The summed E-state index contributed by atoms with van der Waals surface area (Å²) in [6, 6.07) is 72.0. The molecule has 10 aromatic carbocycles. The van der Waals surface area contributed by atoms with E-state index in [2.05, 4.69) is 200 Å². The number of nitrogens with zero attached hydrogens (tertiary/aromatic N) is 1. The molecule has 1 heterocycles. The normalized spacial score (nSPS) is 13.4. The van der Waals surface area contributed by atoms with Crippen LogP contribution in [0.4, 0.5) is 17.1 Å². The zero-order chi connectivity index (χ0) is 38.1. The number of fused-ring (bicyclic) bond motifs is 19. The summed E-state index contributed by atoms with van der Waals surface area (Å²) >= 11 is 0. The zero-order valence-electron chi connectivity index (χ0n) is 31.8. The van der Waals surface area contributed by atoms with Crippen molar-refractivity contribution >= 4 is 71.3 Å². The number of hydrogen-bond acceptors (Lipinski definition) is 2. The molecule has 0 fully saturated rings. The smallest absolute Gasteiger partial charge is 0.159 e. The monoisotopic (exact) mass is 737 g/mol. The molecule has 0 atom stereocenters. The maximum absolute atomic E-state index is 6.72. The van der Waals surface area contributed by atoms with Crippen LogP contribution in [0.5, 0.6) is 0 Å². The Kier molecular flexibility index (Phi) is 6.33. The fourth-order valence-electron chi connectivity index (χ4n) is 10.7. The first kappa shape index (κ1) is 31.7. The van der Waals surface area contributed by atoms with Crippen LogP contribution in [-0.4, -0.2) is 0 Å². The fourth-order valence-corrected chi connectivity index (χ4v) is 10.7. The highest BCUT2D eigenvalue weighted by atomic mass is 16.3. The Morgan fingerprint density at radius 1 is 0.362 bits per heavy atom. The predicted molar refractivity (Wildman–Crippen MR) is 242 cm³/mol. The van der Waals surface area contributed by atoms with E-state index in [0.29, 0.717) is 0 Å². The first-order valence-corrected chi connectivity index (χ1v) is 20.2. The molecule has 270 valence electrons. The van der Waals surface area contributed by atoms with Gasteiger partial charge in [-0.15, -0.1) is 0 Å². The fraction of sp³-hybridized carbons (Fsp3) is 0.0357. The molecule has 11 aromatic rings. The van der Waals surface area contributed by atoms with Gasteiger partial charge in [-0.3, -0.25) is 0 Å². The molecule has 2 aliphatic carbocycles. The molecule has 2 heteroatoms. The van der Waals surface area contributed by atoms with E-state index in [1.807, 2.05) is 6.07 Å². The molecule has 0 unspecified atom stereocenters. The van der Waals surface area contributed by atoms with Gasteiger partial charge in [0.15, 0.2) is 5.58 Å². The zero-order valence-corrected chi connectivity index (χ0v) is 31.8. The van der Waals surface area contributed by atoms with Crippen LogP contribution in [0, 0.1) is 6.92 Å². The van der Waals surface area contributed by atoms with Crippen LogP contribution in [0.15, 0.2) is 199 Å². The lowest BCUT2D eigenvalue weighted by atomic mass is 9.70. The molecule has 0 amide bonds.